The number of fused-ring (bicyclic) bond motifs is 3. The number of thioether (sulfide) groups is 1. The van der Waals surface area contributed by atoms with Crippen LogP contribution in [0.15, 0.2) is 5.03 Å². The number of carbonyl (C=O) groups is 1. The second kappa shape index (κ2) is 6.06. The van der Waals surface area contributed by atoms with E-state index in [-0.39, 0.29) is 5.97 Å². The number of hydrogen-bond acceptors (Lipinski definition) is 6. The van der Waals surface area contributed by atoms with Gasteiger partial charge >= 0.3 is 5.97 Å². The number of ether oxygens (including phenoxy) is 1. The third kappa shape index (κ3) is 2.98. The number of esters is 1. The predicted molar refractivity (Wildman–Crippen MR) is 93.3 cm³/mol. The second-order valence-corrected chi connectivity index (χ2v) is 8.61. The molecule has 122 valence electrons. The molecule has 2 aliphatic rings. The normalized spacial score (nSPS) is 20.5. The molecule has 4 nitrogen and oxygen atoms in total. The van der Waals surface area contributed by atoms with E-state index in [0.717, 1.165) is 34.4 Å². The third-order valence-corrected chi connectivity index (χ3v) is 6.73. The average molecular weight is 348 g/mol. The van der Waals surface area contributed by atoms with Crippen LogP contribution in [0.4, 0.5) is 0 Å². The molecule has 6 heteroatoms. The molecule has 0 saturated heterocycles. The quantitative estimate of drug-likeness (QED) is 0.475. The molecule has 0 spiro atoms. The molecule has 0 bridgehead atoms. The van der Waals surface area contributed by atoms with Gasteiger partial charge in [0.2, 0.25) is 0 Å². The summed E-state index contributed by atoms with van der Waals surface area (Å²) in [5.74, 6) is 2.35. The molecule has 23 heavy (non-hydrogen) atoms. The van der Waals surface area contributed by atoms with Crippen molar-refractivity contribution in [2.24, 2.45) is 5.92 Å². The van der Waals surface area contributed by atoms with E-state index in [1.54, 1.807) is 0 Å². The van der Waals surface area contributed by atoms with Gasteiger partial charge in [0, 0.05) is 16.2 Å². The first-order valence-corrected chi connectivity index (χ1v) is 9.97. The number of carbonyl (C=O) groups excluding carboxylic acids is 1. The molecule has 1 atom stereocenters. The third-order valence-electron chi connectivity index (χ3n) is 4.64. The van der Waals surface area contributed by atoms with Crippen LogP contribution in [-0.4, -0.2) is 28.8 Å². The molecular formula is C17H20N2O2S2. The van der Waals surface area contributed by atoms with E-state index in [2.05, 4.69) is 6.92 Å². The lowest BCUT2D eigenvalue weighted by molar-refractivity contribution is -0.137. The van der Waals surface area contributed by atoms with Crippen LogP contribution in [0.3, 0.4) is 0 Å². The summed E-state index contributed by atoms with van der Waals surface area (Å²) < 4.78 is 4.78. The Balaban J connectivity index is 1.78. The molecule has 0 aliphatic heterocycles. The molecule has 2 heterocycles. The lowest BCUT2D eigenvalue weighted by Crippen LogP contribution is -2.09. The van der Waals surface area contributed by atoms with Gasteiger partial charge in [-0.05, 0) is 43.6 Å². The Kier molecular flexibility index (Phi) is 4.05. The first-order valence-electron chi connectivity index (χ1n) is 8.17. The maximum Gasteiger partial charge on any atom is 0.316 e. The Morgan fingerprint density at radius 1 is 1.35 bits per heavy atom. The van der Waals surface area contributed by atoms with Gasteiger partial charge in [-0.3, -0.25) is 4.79 Å². The zero-order chi connectivity index (χ0) is 16.0. The van der Waals surface area contributed by atoms with Gasteiger partial charge in [-0.1, -0.05) is 18.7 Å². The summed E-state index contributed by atoms with van der Waals surface area (Å²) >= 11 is 3.34. The summed E-state index contributed by atoms with van der Waals surface area (Å²) in [5, 5.41) is 2.18. The van der Waals surface area contributed by atoms with Gasteiger partial charge in [-0.25, -0.2) is 9.97 Å². The highest BCUT2D eigenvalue weighted by Gasteiger charge is 2.30. The number of nitrogens with zero attached hydrogens (tertiary/aromatic N) is 2. The topological polar surface area (TPSA) is 52.1 Å². The van der Waals surface area contributed by atoms with Crippen molar-refractivity contribution in [3.05, 3.63) is 16.3 Å². The summed E-state index contributed by atoms with van der Waals surface area (Å²) in [5.41, 5.74) is 1.43. The van der Waals surface area contributed by atoms with Crippen molar-refractivity contribution in [3.8, 4) is 0 Å². The SMILES string of the molecule is COC(=O)CSc1nc(C2CC2)nc2sc3c(c12)CC[C@H](C)C3. The second-order valence-electron chi connectivity index (χ2n) is 6.56. The minimum absolute atomic E-state index is 0.201. The Bertz CT molecular complexity index is 768. The maximum absolute atomic E-state index is 11.5. The Morgan fingerprint density at radius 2 is 2.17 bits per heavy atom. The minimum atomic E-state index is -0.201. The maximum atomic E-state index is 11.5. The molecule has 0 amide bonds. The Labute approximate surface area is 144 Å². The van der Waals surface area contributed by atoms with Crippen LogP contribution < -0.4 is 0 Å². The van der Waals surface area contributed by atoms with Crippen molar-refractivity contribution in [1.29, 1.82) is 0 Å². The van der Waals surface area contributed by atoms with Crippen molar-refractivity contribution < 1.29 is 9.53 Å². The van der Waals surface area contributed by atoms with Gasteiger partial charge in [0.05, 0.1) is 12.9 Å². The molecule has 0 aromatic carbocycles. The van der Waals surface area contributed by atoms with Crippen molar-refractivity contribution >= 4 is 39.3 Å². The first kappa shape index (κ1) is 15.4. The number of aromatic nitrogens is 2. The molecular weight excluding hydrogens is 328 g/mol. The fourth-order valence-corrected chi connectivity index (χ4v) is 5.49. The fraction of sp³-hybridized carbons (Fsp3) is 0.588. The molecule has 0 N–H and O–H groups in total. The van der Waals surface area contributed by atoms with Crippen LogP contribution in [0, 0.1) is 5.92 Å². The van der Waals surface area contributed by atoms with E-state index < -0.39 is 0 Å². The van der Waals surface area contributed by atoms with Crippen LogP contribution in [0.2, 0.25) is 0 Å². The van der Waals surface area contributed by atoms with E-state index in [4.69, 9.17) is 14.7 Å². The van der Waals surface area contributed by atoms with Crippen LogP contribution in [-0.2, 0) is 22.4 Å². The summed E-state index contributed by atoms with van der Waals surface area (Å²) in [6.45, 7) is 2.32. The number of thiophene rings is 1. The zero-order valence-corrected chi connectivity index (χ0v) is 15.1. The molecule has 2 aromatic rings. The lowest BCUT2D eigenvalue weighted by atomic mass is 9.89. The summed E-state index contributed by atoms with van der Waals surface area (Å²) in [4.78, 5) is 23.8. The van der Waals surface area contributed by atoms with Gasteiger partial charge < -0.3 is 4.74 Å². The van der Waals surface area contributed by atoms with Gasteiger partial charge in [0.1, 0.15) is 15.7 Å². The highest BCUT2D eigenvalue weighted by molar-refractivity contribution is 8.00. The number of methoxy groups -OCH3 is 1. The van der Waals surface area contributed by atoms with E-state index in [0.29, 0.717) is 11.7 Å². The van der Waals surface area contributed by atoms with Crippen molar-refractivity contribution in [3.63, 3.8) is 0 Å². The lowest BCUT2D eigenvalue weighted by Gasteiger charge is -2.18. The van der Waals surface area contributed by atoms with Crippen molar-refractivity contribution in [2.75, 3.05) is 12.9 Å². The van der Waals surface area contributed by atoms with Gasteiger partial charge in [0.25, 0.3) is 0 Å². The van der Waals surface area contributed by atoms with E-state index >= 15 is 0 Å². The van der Waals surface area contributed by atoms with E-state index in [1.807, 2.05) is 11.3 Å². The largest absolute Gasteiger partial charge is 0.468 e. The first-order chi connectivity index (χ1) is 11.2. The minimum Gasteiger partial charge on any atom is -0.468 e. The molecule has 2 aliphatic carbocycles. The van der Waals surface area contributed by atoms with E-state index in [9.17, 15) is 4.79 Å². The molecule has 4 rings (SSSR count). The predicted octanol–water partition coefficient (Wildman–Crippen LogP) is 3.96. The smallest absolute Gasteiger partial charge is 0.316 e. The van der Waals surface area contributed by atoms with Crippen molar-refractivity contribution in [2.45, 2.75) is 50.0 Å². The van der Waals surface area contributed by atoms with Crippen LogP contribution >= 0.6 is 23.1 Å². The Hall–Kier alpha value is -1.14. The van der Waals surface area contributed by atoms with Crippen LogP contribution in [0.1, 0.15) is 48.4 Å². The standard InChI is InChI=1S/C17H20N2O2S2/c1-9-3-6-11-12(7-9)23-17-14(11)16(22-8-13(20)21-2)18-15(19-17)10-4-5-10/h9-10H,3-8H2,1-2H3/t9-/m0/s1. The van der Waals surface area contributed by atoms with Crippen LogP contribution in [0.5, 0.6) is 0 Å². The molecule has 0 unspecified atom stereocenters. The summed E-state index contributed by atoms with van der Waals surface area (Å²) in [6.07, 6.45) is 5.86. The highest BCUT2D eigenvalue weighted by Crippen LogP contribution is 2.44. The zero-order valence-electron chi connectivity index (χ0n) is 13.4. The average Bonchev–Trinajstić information content (AvgIpc) is 3.33. The monoisotopic (exact) mass is 348 g/mol. The number of hydrogen-bond donors (Lipinski definition) is 0. The molecule has 0 radical (unpaired) electrons. The molecule has 1 saturated carbocycles. The summed E-state index contributed by atoms with van der Waals surface area (Å²) in [6, 6.07) is 0. The van der Waals surface area contributed by atoms with E-state index in [1.165, 1.54) is 54.0 Å². The van der Waals surface area contributed by atoms with Gasteiger partial charge in [0.15, 0.2) is 0 Å². The number of rotatable bonds is 4. The Morgan fingerprint density at radius 3 is 2.91 bits per heavy atom. The highest BCUT2D eigenvalue weighted by atomic mass is 32.2. The molecule has 2 aromatic heterocycles. The summed E-state index contributed by atoms with van der Waals surface area (Å²) in [7, 11) is 1.43. The van der Waals surface area contributed by atoms with Gasteiger partial charge in [-0.15, -0.1) is 11.3 Å². The molecule has 1 fully saturated rings. The number of aryl methyl sites for hydroxylation is 1. The fourth-order valence-electron chi connectivity index (χ4n) is 3.14. The van der Waals surface area contributed by atoms with Crippen molar-refractivity contribution in [1.82, 2.24) is 9.97 Å². The van der Waals surface area contributed by atoms with Gasteiger partial charge in [-0.2, -0.15) is 0 Å². The van der Waals surface area contributed by atoms with Crippen LogP contribution in [0.25, 0.3) is 10.2 Å².